The maximum absolute atomic E-state index is 11.2. The highest BCUT2D eigenvalue weighted by molar-refractivity contribution is 5.82. The lowest BCUT2D eigenvalue weighted by Gasteiger charge is -1.95. The Kier molecular flexibility index (Phi) is 1.30. The molecule has 2 aromatic heterocycles. The van der Waals surface area contributed by atoms with E-state index in [1.54, 1.807) is 0 Å². The topological polar surface area (TPSA) is 82.4 Å². The van der Waals surface area contributed by atoms with E-state index < -0.39 is 0 Å². The number of rotatable bonds is 0. The maximum Gasteiger partial charge on any atom is 0.194 e. The standard InChI is InChI=1S/C7H5N4O/c8-6-5-4(12)1-2-9-7(5)11-3-10-6/h1-3,8H,(H,9,10,11,12). The van der Waals surface area contributed by atoms with Gasteiger partial charge in [0.25, 0.3) is 0 Å². The Bertz CT molecular complexity index is 471. The quantitative estimate of drug-likeness (QED) is 0.600. The number of hydrogen-bond acceptors (Lipinski definition) is 3. The number of aromatic nitrogens is 3. The van der Waals surface area contributed by atoms with Crippen molar-refractivity contribution in [2.45, 2.75) is 0 Å². The molecule has 1 radical (unpaired) electrons. The summed E-state index contributed by atoms with van der Waals surface area (Å²) in [4.78, 5) is 21.4. The second-order valence-corrected chi connectivity index (χ2v) is 2.29. The molecule has 0 saturated heterocycles. The molecule has 5 nitrogen and oxygen atoms in total. The highest BCUT2D eigenvalue weighted by Gasteiger charge is 2.02. The molecule has 0 saturated carbocycles. The van der Waals surface area contributed by atoms with Crippen LogP contribution in [0.4, 0.5) is 5.82 Å². The number of nitrogens with zero attached hydrogens (tertiary/aromatic N) is 2. The first-order valence-corrected chi connectivity index (χ1v) is 3.33. The SMILES string of the molecule is [NH]c1ncnc2[nH]ccc(=O)c12. The predicted molar refractivity (Wildman–Crippen MR) is 42.9 cm³/mol. The minimum Gasteiger partial charge on any atom is -0.346 e. The molecule has 0 aliphatic rings. The zero-order valence-corrected chi connectivity index (χ0v) is 6.03. The van der Waals surface area contributed by atoms with Gasteiger partial charge in [-0.3, -0.25) is 10.5 Å². The second-order valence-electron chi connectivity index (χ2n) is 2.29. The Hall–Kier alpha value is -1.91. The van der Waals surface area contributed by atoms with Crippen LogP contribution in [-0.2, 0) is 0 Å². The van der Waals surface area contributed by atoms with Gasteiger partial charge in [0.15, 0.2) is 11.2 Å². The molecule has 2 N–H and O–H groups in total. The van der Waals surface area contributed by atoms with Crippen molar-refractivity contribution in [3.63, 3.8) is 0 Å². The molecule has 0 aliphatic carbocycles. The first-order chi connectivity index (χ1) is 5.79. The van der Waals surface area contributed by atoms with E-state index in [0.717, 1.165) is 0 Å². The third-order valence-corrected chi connectivity index (χ3v) is 1.55. The van der Waals surface area contributed by atoms with Crippen molar-refractivity contribution in [1.29, 1.82) is 0 Å². The summed E-state index contributed by atoms with van der Waals surface area (Å²) in [6, 6.07) is 1.35. The van der Waals surface area contributed by atoms with E-state index in [1.807, 2.05) is 0 Å². The Balaban J connectivity index is 3.07. The summed E-state index contributed by atoms with van der Waals surface area (Å²) in [5.74, 6) is -0.0400. The van der Waals surface area contributed by atoms with Gasteiger partial charge in [0, 0.05) is 12.3 Å². The average Bonchev–Trinajstić information content (AvgIpc) is 2.04. The Morgan fingerprint density at radius 3 is 3.00 bits per heavy atom. The van der Waals surface area contributed by atoms with Gasteiger partial charge in [0.1, 0.15) is 17.4 Å². The van der Waals surface area contributed by atoms with Crippen LogP contribution in [0.25, 0.3) is 11.0 Å². The molecule has 5 heteroatoms. The molecule has 2 aromatic rings. The van der Waals surface area contributed by atoms with Crippen LogP contribution in [-0.4, -0.2) is 15.0 Å². The van der Waals surface area contributed by atoms with Crippen LogP contribution < -0.4 is 11.2 Å². The Labute approximate surface area is 67.3 Å². The fraction of sp³-hybridized carbons (Fsp3) is 0. The molecular weight excluding hydrogens is 156 g/mol. The van der Waals surface area contributed by atoms with Crippen molar-refractivity contribution >= 4 is 16.9 Å². The zero-order chi connectivity index (χ0) is 8.55. The smallest absolute Gasteiger partial charge is 0.194 e. The lowest BCUT2D eigenvalue weighted by molar-refractivity contribution is 1.15. The highest BCUT2D eigenvalue weighted by Crippen LogP contribution is 2.08. The van der Waals surface area contributed by atoms with Crippen molar-refractivity contribution in [3.05, 3.63) is 28.8 Å². The molecule has 2 heterocycles. The van der Waals surface area contributed by atoms with Gasteiger partial charge in [-0.15, -0.1) is 0 Å². The van der Waals surface area contributed by atoms with E-state index in [1.165, 1.54) is 18.6 Å². The number of H-pyrrole nitrogens is 1. The zero-order valence-electron chi connectivity index (χ0n) is 6.03. The van der Waals surface area contributed by atoms with Crippen molar-refractivity contribution in [1.82, 2.24) is 20.7 Å². The number of nitrogens with one attached hydrogen (secondary N) is 2. The molecule has 59 valence electrons. The van der Waals surface area contributed by atoms with Gasteiger partial charge in [-0.05, 0) is 0 Å². The highest BCUT2D eigenvalue weighted by atomic mass is 16.1. The lowest BCUT2D eigenvalue weighted by Crippen LogP contribution is -2.03. The van der Waals surface area contributed by atoms with Crippen LogP contribution in [0.15, 0.2) is 23.4 Å². The molecule has 0 bridgehead atoms. The van der Waals surface area contributed by atoms with E-state index in [0.29, 0.717) is 5.65 Å². The molecule has 0 spiro atoms. The number of hydrogen-bond donors (Lipinski definition) is 1. The fourth-order valence-electron chi connectivity index (χ4n) is 1.01. The van der Waals surface area contributed by atoms with Gasteiger partial charge >= 0.3 is 0 Å². The average molecular weight is 161 g/mol. The normalized spacial score (nSPS) is 10.3. The lowest BCUT2D eigenvalue weighted by atomic mass is 10.3. The van der Waals surface area contributed by atoms with Gasteiger partial charge in [-0.25, -0.2) is 9.97 Å². The van der Waals surface area contributed by atoms with Gasteiger partial charge in [0.2, 0.25) is 0 Å². The Morgan fingerprint density at radius 1 is 1.42 bits per heavy atom. The van der Waals surface area contributed by atoms with Crippen molar-refractivity contribution in [2.75, 3.05) is 0 Å². The van der Waals surface area contributed by atoms with Gasteiger partial charge < -0.3 is 4.98 Å². The van der Waals surface area contributed by atoms with Gasteiger partial charge in [-0.2, -0.15) is 0 Å². The molecule has 0 aliphatic heterocycles. The summed E-state index contributed by atoms with van der Waals surface area (Å²) < 4.78 is 0. The molecule has 0 unspecified atom stereocenters. The molecule has 12 heavy (non-hydrogen) atoms. The van der Waals surface area contributed by atoms with Gasteiger partial charge in [-0.1, -0.05) is 0 Å². The van der Waals surface area contributed by atoms with Crippen LogP contribution in [0.5, 0.6) is 0 Å². The van der Waals surface area contributed by atoms with Crippen LogP contribution in [0, 0.1) is 0 Å². The molecule has 2 rings (SSSR count). The molecular formula is C7H5N4O. The van der Waals surface area contributed by atoms with Crippen LogP contribution in [0.1, 0.15) is 0 Å². The van der Waals surface area contributed by atoms with Crippen molar-refractivity contribution < 1.29 is 0 Å². The first kappa shape index (κ1) is 6.78. The van der Waals surface area contributed by atoms with Crippen LogP contribution in [0.2, 0.25) is 0 Å². The summed E-state index contributed by atoms with van der Waals surface area (Å²) in [6.45, 7) is 0. The second kappa shape index (κ2) is 2.30. The van der Waals surface area contributed by atoms with Crippen LogP contribution >= 0.6 is 0 Å². The summed E-state index contributed by atoms with van der Waals surface area (Å²) in [5, 5.41) is 0.236. The monoisotopic (exact) mass is 161 g/mol. The molecule has 0 atom stereocenters. The van der Waals surface area contributed by atoms with E-state index in [4.69, 9.17) is 5.73 Å². The summed E-state index contributed by atoms with van der Waals surface area (Å²) in [5.41, 5.74) is 7.51. The van der Waals surface area contributed by atoms with Crippen molar-refractivity contribution in [3.8, 4) is 0 Å². The minimum absolute atomic E-state index is 0.0400. The number of pyridine rings is 1. The number of aromatic amines is 1. The molecule has 0 fully saturated rings. The van der Waals surface area contributed by atoms with Gasteiger partial charge in [0.05, 0.1) is 0 Å². The first-order valence-electron chi connectivity index (χ1n) is 3.33. The molecule has 0 amide bonds. The minimum atomic E-state index is -0.227. The maximum atomic E-state index is 11.2. The van der Waals surface area contributed by atoms with Crippen LogP contribution in [0.3, 0.4) is 0 Å². The number of fused-ring (bicyclic) bond motifs is 1. The molecule has 0 aromatic carbocycles. The summed E-state index contributed by atoms with van der Waals surface area (Å²) >= 11 is 0. The van der Waals surface area contributed by atoms with E-state index in [9.17, 15) is 4.79 Å². The fourth-order valence-corrected chi connectivity index (χ4v) is 1.01. The summed E-state index contributed by atoms with van der Waals surface area (Å²) in [7, 11) is 0. The largest absolute Gasteiger partial charge is 0.346 e. The van der Waals surface area contributed by atoms with E-state index >= 15 is 0 Å². The Morgan fingerprint density at radius 2 is 2.25 bits per heavy atom. The van der Waals surface area contributed by atoms with E-state index in [-0.39, 0.29) is 16.6 Å². The third kappa shape index (κ3) is 0.833. The van der Waals surface area contributed by atoms with Crippen molar-refractivity contribution in [2.24, 2.45) is 0 Å². The summed E-state index contributed by atoms with van der Waals surface area (Å²) in [6.07, 6.45) is 2.75. The third-order valence-electron chi connectivity index (χ3n) is 1.55. The predicted octanol–water partition coefficient (Wildman–Crippen LogP) is 0.232. The van der Waals surface area contributed by atoms with E-state index in [2.05, 4.69) is 15.0 Å².